The highest BCUT2D eigenvalue weighted by Crippen LogP contribution is 2.16. The van der Waals surface area contributed by atoms with Crippen LogP contribution in [0.1, 0.15) is 11.1 Å². The van der Waals surface area contributed by atoms with Gasteiger partial charge >= 0.3 is 6.18 Å². The fourth-order valence-electron chi connectivity index (χ4n) is 1.92. The standard InChI is InChI=1S/C14H17F3N2O2.ClH/c15-14(16,17)9-21-8-11-3-1-2-10(4-11)5-19-13(20)12-6-18-7-12;/h1-4,12,18H,5-9H2,(H,19,20);1H. The third-order valence-corrected chi connectivity index (χ3v) is 3.14. The highest BCUT2D eigenvalue weighted by Gasteiger charge is 2.27. The van der Waals surface area contributed by atoms with Gasteiger partial charge in [-0.15, -0.1) is 12.4 Å². The van der Waals surface area contributed by atoms with Crippen LogP contribution in [-0.4, -0.2) is 31.8 Å². The van der Waals surface area contributed by atoms with Crippen LogP contribution in [0.25, 0.3) is 0 Å². The maximum absolute atomic E-state index is 12.0. The average Bonchev–Trinajstić information content (AvgIpc) is 2.33. The van der Waals surface area contributed by atoms with Gasteiger partial charge in [0.1, 0.15) is 6.61 Å². The van der Waals surface area contributed by atoms with Crippen molar-refractivity contribution in [3.63, 3.8) is 0 Å². The van der Waals surface area contributed by atoms with E-state index in [4.69, 9.17) is 0 Å². The van der Waals surface area contributed by atoms with Gasteiger partial charge in [-0.05, 0) is 11.1 Å². The third-order valence-electron chi connectivity index (χ3n) is 3.14. The molecule has 22 heavy (non-hydrogen) atoms. The van der Waals surface area contributed by atoms with E-state index >= 15 is 0 Å². The van der Waals surface area contributed by atoms with Crippen molar-refractivity contribution in [3.05, 3.63) is 35.4 Å². The first-order chi connectivity index (χ1) is 9.94. The zero-order valence-electron chi connectivity index (χ0n) is 11.8. The van der Waals surface area contributed by atoms with Crippen LogP contribution in [0.15, 0.2) is 24.3 Å². The lowest BCUT2D eigenvalue weighted by Gasteiger charge is -2.25. The minimum absolute atomic E-state index is 0. The number of carbonyl (C=O) groups is 1. The highest BCUT2D eigenvalue weighted by molar-refractivity contribution is 5.85. The molecule has 0 saturated carbocycles. The van der Waals surface area contributed by atoms with E-state index in [0.717, 1.165) is 5.56 Å². The van der Waals surface area contributed by atoms with E-state index in [1.165, 1.54) is 0 Å². The number of rotatable bonds is 6. The Balaban J connectivity index is 0.00000242. The van der Waals surface area contributed by atoms with Crippen LogP contribution in [0.5, 0.6) is 0 Å². The van der Waals surface area contributed by atoms with Crippen LogP contribution < -0.4 is 10.6 Å². The molecule has 1 amide bonds. The summed E-state index contributed by atoms with van der Waals surface area (Å²) in [6, 6.07) is 6.97. The number of hydrogen-bond donors (Lipinski definition) is 2. The molecule has 0 bridgehead atoms. The summed E-state index contributed by atoms with van der Waals surface area (Å²) in [5.41, 5.74) is 1.49. The van der Waals surface area contributed by atoms with Crippen molar-refractivity contribution in [1.29, 1.82) is 0 Å². The summed E-state index contributed by atoms with van der Waals surface area (Å²) >= 11 is 0. The first-order valence-corrected chi connectivity index (χ1v) is 6.65. The number of hydrogen-bond acceptors (Lipinski definition) is 3. The molecular weight excluding hydrogens is 321 g/mol. The second-order valence-corrected chi connectivity index (χ2v) is 5.00. The maximum atomic E-state index is 12.0. The number of halogens is 4. The maximum Gasteiger partial charge on any atom is 0.411 e. The number of amides is 1. The van der Waals surface area contributed by atoms with Gasteiger partial charge in [-0.25, -0.2) is 0 Å². The van der Waals surface area contributed by atoms with Crippen LogP contribution in [0.3, 0.4) is 0 Å². The molecule has 1 aromatic rings. The fraction of sp³-hybridized carbons (Fsp3) is 0.500. The van der Waals surface area contributed by atoms with Gasteiger partial charge in [0.25, 0.3) is 0 Å². The number of alkyl halides is 3. The van der Waals surface area contributed by atoms with E-state index in [1.807, 2.05) is 6.07 Å². The molecule has 2 rings (SSSR count). The number of nitrogens with one attached hydrogen (secondary N) is 2. The van der Waals surface area contributed by atoms with Crippen LogP contribution >= 0.6 is 12.4 Å². The van der Waals surface area contributed by atoms with Gasteiger partial charge in [-0.2, -0.15) is 13.2 Å². The normalized spacial score (nSPS) is 14.9. The van der Waals surface area contributed by atoms with Gasteiger partial charge in [-0.3, -0.25) is 4.79 Å². The number of carbonyl (C=O) groups excluding carboxylic acids is 1. The van der Waals surface area contributed by atoms with E-state index in [0.29, 0.717) is 25.2 Å². The minimum Gasteiger partial charge on any atom is -0.367 e. The van der Waals surface area contributed by atoms with E-state index in [9.17, 15) is 18.0 Å². The molecule has 0 aliphatic carbocycles. The average molecular weight is 339 g/mol. The molecule has 0 radical (unpaired) electrons. The van der Waals surface area contributed by atoms with Crippen molar-refractivity contribution in [2.75, 3.05) is 19.7 Å². The molecule has 1 heterocycles. The number of benzene rings is 1. The molecule has 124 valence electrons. The van der Waals surface area contributed by atoms with Crippen molar-refractivity contribution < 1.29 is 22.7 Å². The Morgan fingerprint density at radius 1 is 1.32 bits per heavy atom. The SMILES string of the molecule is Cl.O=C(NCc1cccc(COCC(F)(F)F)c1)C1CNC1. The Bertz CT molecular complexity index is 493. The molecule has 8 heteroatoms. The van der Waals surface area contributed by atoms with Gasteiger partial charge < -0.3 is 15.4 Å². The van der Waals surface area contributed by atoms with E-state index in [1.54, 1.807) is 18.2 Å². The Labute approximate surface area is 132 Å². The Morgan fingerprint density at radius 3 is 2.59 bits per heavy atom. The van der Waals surface area contributed by atoms with E-state index in [-0.39, 0.29) is 30.8 Å². The summed E-state index contributed by atoms with van der Waals surface area (Å²) in [6.07, 6.45) is -4.32. The monoisotopic (exact) mass is 338 g/mol. The lowest BCUT2D eigenvalue weighted by atomic mass is 10.0. The third kappa shape index (κ3) is 6.21. The topological polar surface area (TPSA) is 50.4 Å². The lowest BCUT2D eigenvalue weighted by molar-refractivity contribution is -0.176. The summed E-state index contributed by atoms with van der Waals surface area (Å²) in [5.74, 6) is 0.00998. The van der Waals surface area contributed by atoms with Gasteiger partial charge in [0.15, 0.2) is 0 Å². The van der Waals surface area contributed by atoms with Crippen LogP contribution in [-0.2, 0) is 22.7 Å². The van der Waals surface area contributed by atoms with Crippen LogP contribution in [0.4, 0.5) is 13.2 Å². The summed E-state index contributed by atoms with van der Waals surface area (Å²) < 4.78 is 40.6. The van der Waals surface area contributed by atoms with Crippen molar-refractivity contribution in [1.82, 2.24) is 10.6 Å². The summed E-state index contributed by atoms with van der Waals surface area (Å²) in [6.45, 7) is 0.382. The van der Waals surface area contributed by atoms with Crippen LogP contribution in [0.2, 0.25) is 0 Å². The Morgan fingerprint density at radius 2 is 2.00 bits per heavy atom. The zero-order valence-corrected chi connectivity index (χ0v) is 12.6. The van der Waals surface area contributed by atoms with E-state index < -0.39 is 12.8 Å². The highest BCUT2D eigenvalue weighted by atomic mass is 35.5. The molecule has 0 spiro atoms. The first kappa shape index (κ1) is 18.7. The number of ether oxygens (including phenoxy) is 1. The lowest BCUT2D eigenvalue weighted by Crippen LogP contribution is -2.50. The molecule has 1 fully saturated rings. The first-order valence-electron chi connectivity index (χ1n) is 6.65. The second-order valence-electron chi connectivity index (χ2n) is 5.00. The predicted molar refractivity (Wildman–Crippen MR) is 77.6 cm³/mol. The van der Waals surface area contributed by atoms with Crippen molar-refractivity contribution in [3.8, 4) is 0 Å². The van der Waals surface area contributed by atoms with Gasteiger partial charge in [0, 0.05) is 19.6 Å². The quantitative estimate of drug-likeness (QED) is 0.834. The minimum atomic E-state index is -4.32. The van der Waals surface area contributed by atoms with Crippen molar-refractivity contribution >= 4 is 18.3 Å². The molecule has 0 unspecified atom stereocenters. The van der Waals surface area contributed by atoms with Gasteiger partial charge in [-0.1, -0.05) is 24.3 Å². The molecule has 1 aromatic carbocycles. The Hall–Kier alpha value is -1.31. The van der Waals surface area contributed by atoms with Crippen molar-refractivity contribution in [2.24, 2.45) is 5.92 Å². The van der Waals surface area contributed by atoms with Gasteiger partial charge in [0.05, 0.1) is 12.5 Å². The molecule has 1 saturated heterocycles. The molecular formula is C14H18ClF3N2O2. The van der Waals surface area contributed by atoms with E-state index in [2.05, 4.69) is 15.4 Å². The predicted octanol–water partition coefficient (Wildman–Crippen LogP) is 2.02. The fourth-order valence-corrected chi connectivity index (χ4v) is 1.92. The molecule has 0 aromatic heterocycles. The smallest absolute Gasteiger partial charge is 0.367 e. The molecule has 1 aliphatic heterocycles. The van der Waals surface area contributed by atoms with Gasteiger partial charge in [0.2, 0.25) is 5.91 Å². The summed E-state index contributed by atoms with van der Waals surface area (Å²) in [4.78, 5) is 11.7. The molecule has 4 nitrogen and oxygen atoms in total. The van der Waals surface area contributed by atoms with Crippen molar-refractivity contribution in [2.45, 2.75) is 19.3 Å². The second kappa shape index (κ2) is 8.36. The Kier molecular flexibility index (Phi) is 7.12. The molecule has 2 N–H and O–H groups in total. The zero-order chi connectivity index (χ0) is 15.3. The van der Waals surface area contributed by atoms with Crippen LogP contribution in [0, 0.1) is 5.92 Å². The summed E-state index contributed by atoms with van der Waals surface area (Å²) in [5, 5.41) is 5.82. The summed E-state index contributed by atoms with van der Waals surface area (Å²) in [7, 11) is 0. The molecule has 1 aliphatic rings. The molecule has 0 atom stereocenters. The largest absolute Gasteiger partial charge is 0.411 e.